The number of benzene rings is 1. The van der Waals surface area contributed by atoms with Crippen LogP contribution >= 0.6 is 0 Å². The lowest BCUT2D eigenvalue weighted by molar-refractivity contribution is -0.122. The van der Waals surface area contributed by atoms with E-state index < -0.39 is 11.7 Å². The molecule has 1 saturated heterocycles. The van der Waals surface area contributed by atoms with Crippen molar-refractivity contribution >= 4 is 63.5 Å². The zero-order valence-electron chi connectivity index (χ0n) is 35.9. The summed E-state index contributed by atoms with van der Waals surface area (Å²) in [4.78, 5) is 85.9. The number of Topliss-reactive ketones (excluding diaryl/α,β-unsaturated/α-hetero) is 1. The van der Waals surface area contributed by atoms with Crippen LogP contribution in [0.25, 0.3) is 11.0 Å². The fraction of sp³-hybridized carbons (Fsp3) is 0.400. The number of ether oxygens (including phenoxy) is 2. The number of aryl methyl sites for hydroxylation is 1. The number of nitrogens with one attached hydrogen (secondary N) is 4. The van der Waals surface area contributed by atoms with Crippen LogP contribution in [0.15, 0.2) is 71.9 Å². The minimum absolute atomic E-state index is 0.0115. The zero-order valence-corrected chi connectivity index (χ0v) is 35.9. The molecule has 2 fully saturated rings. The van der Waals surface area contributed by atoms with Crippen LogP contribution in [0.1, 0.15) is 71.3 Å². The molecule has 336 valence electrons. The monoisotopic (exact) mass is 877 g/mol. The highest BCUT2D eigenvalue weighted by molar-refractivity contribution is 6.09. The maximum Gasteiger partial charge on any atom is 0.263 e. The quantitative estimate of drug-likeness (QED) is 0.0657. The van der Waals surface area contributed by atoms with Gasteiger partial charge in [0.25, 0.3) is 11.5 Å². The lowest BCUT2D eigenvalue weighted by Gasteiger charge is -2.35. The second-order valence-electron chi connectivity index (χ2n) is 15.6. The fourth-order valence-electron chi connectivity index (χ4n) is 7.88. The van der Waals surface area contributed by atoms with E-state index in [0.29, 0.717) is 60.3 Å². The van der Waals surface area contributed by atoms with Gasteiger partial charge in [-0.2, -0.15) is 4.98 Å². The molecule has 2 aliphatic rings. The number of halogens is 1. The first-order chi connectivity index (χ1) is 31.0. The Bertz CT molecular complexity index is 2510. The normalized spacial score (nSPS) is 14.4. The number of anilines is 5. The molecule has 0 atom stereocenters. The number of ketones is 1. The maximum absolute atomic E-state index is 13.5. The van der Waals surface area contributed by atoms with Gasteiger partial charge in [-0.15, -0.1) is 0 Å². The van der Waals surface area contributed by atoms with Crippen LogP contribution in [0.2, 0.25) is 0 Å². The van der Waals surface area contributed by atoms with Gasteiger partial charge in [0.15, 0.2) is 5.78 Å². The highest BCUT2D eigenvalue weighted by Crippen LogP contribution is 2.32. The highest BCUT2D eigenvalue weighted by atomic mass is 19.1. The Morgan fingerprint density at radius 3 is 2.27 bits per heavy atom. The van der Waals surface area contributed by atoms with E-state index in [9.17, 15) is 28.4 Å². The van der Waals surface area contributed by atoms with Gasteiger partial charge in [-0.3, -0.25) is 33.4 Å². The zero-order chi connectivity index (χ0) is 45.0. The standard InChI is InChI=1S/C45H52FN11O7/c1-29-35-27-50-45(54-42(35)57(32-7-3-4-8-32)44(62)41(29)30(2)58)53-38-14-12-33(26-49-38)56-19-17-55(18-20-56)28-40(60)47-16-22-64-24-23-63-21-15-39(59)51-36-10-6-5-9-34(36)43(61)52-37-13-11-31(46)25-48-37/h5-6,9-14,25-27,32H,3-4,7-8,15-24,28H2,1-2H3,(H,47,60)(H,51,59)(H,48,52,61)(H,49,50,53,54). The SMILES string of the molecule is CC(=O)c1c(C)c2cnc(Nc3ccc(N4CCN(CC(=O)NCCOCCOCCC(=O)Nc5ccccc5C(=O)Nc5ccc(F)cn5)CC4)cn3)nc2n(C2CCCC2)c1=O. The van der Waals surface area contributed by atoms with Crippen LogP contribution in [-0.4, -0.2) is 119 Å². The lowest BCUT2D eigenvalue weighted by Crippen LogP contribution is -2.49. The minimum Gasteiger partial charge on any atom is -0.379 e. The summed E-state index contributed by atoms with van der Waals surface area (Å²) in [5, 5.41) is 12.0. The molecule has 4 aromatic heterocycles. The molecule has 7 rings (SSSR count). The van der Waals surface area contributed by atoms with Crippen LogP contribution in [-0.2, 0) is 19.1 Å². The van der Waals surface area contributed by atoms with E-state index in [2.05, 4.69) is 46.0 Å². The molecule has 19 heteroatoms. The van der Waals surface area contributed by atoms with E-state index in [1.165, 1.54) is 19.1 Å². The Morgan fingerprint density at radius 2 is 1.55 bits per heavy atom. The molecule has 3 amide bonds. The first-order valence-electron chi connectivity index (χ1n) is 21.4. The van der Waals surface area contributed by atoms with E-state index >= 15 is 0 Å². The molecular weight excluding hydrogens is 826 g/mol. The van der Waals surface area contributed by atoms with Gasteiger partial charge >= 0.3 is 0 Å². The van der Waals surface area contributed by atoms with E-state index in [4.69, 9.17) is 14.5 Å². The topological polar surface area (TPSA) is 215 Å². The van der Waals surface area contributed by atoms with Crippen molar-refractivity contribution < 1.29 is 33.0 Å². The molecule has 18 nitrogen and oxygen atoms in total. The summed E-state index contributed by atoms with van der Waals surface area (Å²) < 4.78 is 25.9. The second kappa shape index (κ2) is 21.6. The van der Waals surface area contributed by atoms with Crippen molar-refractivity contribution in [1.29, 1.82) is 0 Å². The number of rotatable bonds is 19. The molecule has 5 aromatic rings. The molecule has 1 aliphatic carbocycles. The number of nitrogens with zero attached hydrogens (tertiary/aromatic N) is 7. The van der Waals surface area contributed by atoms with Crippen molar-refractivity contribution in [2.45, 2.75) is 52.0 Å². The van der Waals surface area contributed by atoms with Gasteiger partial charge < -0.3 is 35.6 Å². The molecule has 0 bridgehead atoms. The lowest BCUT2D eigenvalue weighted by atomic mass is 10.0. The smallest absolute Gasteiger partial charge is 0.263 e. The van der Waals surface area contributed by atoms with E-state index in [1.54, 1.807) is 48.1 Å². The van der Waals surface area contributed by atoms with Gasteiger partial charge in [-0.1, -0.05) is 25.0 Å². The Morgan fingerprint density at radius 1 is 0.812 bits per heavy atom. The summed E-state index contributed by atoms with van der Waals surface area (Å²) in [5.41, 5.74) is 2.51. The number of hydrogen-bond donors (Lipinski definition) is 4. The third-order valence-corrected chi connectivity index (χ3v) is 11.2. The molecule has 1 aromatic carbocycles. The van der Waals surface area contributed by atoms with Crippen LogP contribution in [0, 0.1) is 12.7 Å². The van der Waals surface area contributed by atoms with Gasteiger partial charge in [0.05, 0.1) is 74.3 Å². The second-order valence-corrected chi connectivity index (χ2v) is 15.6. The van der Waals surface area contributed by atoms with Crippen LogP contribution in [0.3, 0.4) is 0 Å². The molecule has 0 radical (unpaired) electrons. The van der Waals surface area contributed by atoms with Gasteiger partial charge in [0.2, 0.25) is 17.8 Å². The number of piperazine rings is 1. The molecular formula is C45H52FN11O7. The summed E-state index contributed by atoms with van der Waals surface area (Å²) in [6.45, 7) is 7.67. The summed E-state index contributed by atoms with van der Waals surface area (Å²) in [6.07, 6.45) is 8.28. The summed E-state index contributed by atoms with van der Waals surface area (Å²) in [6, 6.07) is 12.9. The number of carbonyl (C=O) groups is 4. The number of carbonyl (C=O) groups excluding carboxylic acids is 4. The molecule has 64 heavy (non-hydrogen) atoms. The number of fused-ring (bicyclic) bond motifs is 1. The Kier molecular flexibility index (Phi) is 15.3. The first kappa shape index (κ1) is 45.3. The molecule has 1 aliphatic heterocycles. The predicted molar refractivity (Wildman–Crippen MR) is 239 cm³/mol. The van der Waals surface area contributed by atoms with Crippen LogP contribution in [0.4, 0.5) is 33.3 Å². The number of aromatic nitrogens is 5. The number of pyridine rings is 3. The summed E-state index contributed by atoms with van der Waals surface area (Å²) >= 11 is 0. The minimum atomic E-state index is -0.523. The van der Waals surface area contributed by atoms with E-state index in [0.717, 1.165) is 50.7 Å². The van der Waals surface area contributed by atoms with Gasteiger partial charge in [-0.05, 0) is 68.7 Å². The summed E-state index contributed by atoms with van der Waals surface area (Å²) in [7, 11) is 0. The molecule has 4 N–H and O–H groups in total. The van der Waals surface area contributed by atoms with Crippen molar-refractivity contribution in [2.75, 3.05) is 86.5 Å². The number of hydrogen-bond acceptors (Lipinski definition) is 14. The van der Waals surface area contributed by atoms with Crippen molar-refractivity contribution in [2.24, 2.45) is 0 Å². The Balaban J connectivity index is 0.763. The van der Waals surface area contributed by atoms with Gasteiger partial charge in [0, 0.05) is 50.3 Å². The first-order valence-corrected chi connectivity index (χ1v) is 21.4. The fourth-order valence-corrected chi connectivity index (χ4v) is 7.88. The Hall–Kier alpha value is -6.70. The summed E-state index contributed by atoms with van der Waals surface area (Å²) in [5.74, 6) is -0.674. The molecule has 0 unspecified atom stereocenters. The van der Waals surface area contributed by atoms with Crippen molar-refractivity contribution in [1.82, 2.24) is 34.7 Å². The van der Waals surface area contributed by atoms with Crippen LogP contribution < -0.4 is 31.7 Å². The molecule has 5 heterocycles. The van der Waals surface area contributed by atoms with Crippen molar-refractivity contribution in [3.05, 3.63) is 100.0 Å². The molecule has 0 spiro atoms. The number of para-hydroxylation sites is 1. The average molecular weight is 878 g/mol. The highest BCUT2D eigenvalue weighted by Gasteiger charge is 2.26. The van der Waals surface area contributed by atoms with Crippen molar-refractivity contribution in [3.63, 3.8) is 0 Å². The van der Waals surface area contributed by atoms with Crippen LogP contribution in [0.5, 0.6) is 0 Å². The van der Waals surface area contributed by atoms with Gasteiger partial charge in [0.1, 0.15) is 23.1 Å². The maximum atomic E-state index is 13.5. The average Bonchev–Trinajstić information content (AvgIpc) is 3.82. The van der Waals surface area contributed by atoms with E-state index in [-0.39, 0.29) is 78.9 Å². The largest absolute Gasteiger partial charge is 0.379 e. The third kappa shape index (κ3) is 11.7. The third-order valence-electron chi connectivity index (χ3n) is 11.2. The molecule has 1 saturated carbocycles. The number of amides is 3. The Labute approximate surface area is 369 Å². The van der Waals surface area contributed by atoms with E-state index in [1.807, 2.05) is 12.1 Å². The van der Waals surface area contributed by atoms with Gasteiger partial charge in [-0.25, -0.2) is 19.3 Å². The van der Waals surface area contributed by atoms with Crippen molar-refractivity contribution in [3.8, 4) is 0 Å². The predicted octanol–water partition coefficient (Wildman–Crippen LogP) is 4.64.